The Morgan fingerprint density at radius 3 is 2.20 bits per heavy atom. The number of ketones is 1. The zero-order chi connectivity index (χ0) is 14.4. The molecule has 0 unspecified atom stereocenters. The molecule has 1 saturated heterocycles. The third-order valence-corrected chi connectivity index (χ3v) is 5.56. The van der Waals surface area contributed by atoms with Crippen molar-refractivity contribution in [1.29, 1.82) is 0 Å². The van der Waals surface area contributed by atoms with E-state index in [4.69, 9.17) is 0 Å². The summed E-state index contributed by atoms with van der Waals surface area (Å²) < 4.78 is 1.05. The van der Waals surface area contributed by atoms with Gasteiger partial charge in [-0.05, 0) is 56.0 Å². The maximum atomic E-state index is 12.1. The Bertz CT molecular complexity index is 470. The molecular weight excluding hydrogens is 286 g/mol. The third-order valence-electron chi connectivity index (χ3n) is 3.52. The van der Waals surface area contributed by atoms with Gasteiger partial charge in [0.25, 0.3) is 0 Å². The van der Waals surface area contributed by atoms with Crippen LogP contribution < -0.4 is 4.90 Å². The number of piperidine rings is 1. The summed E-state index contributed by atoms with van der Waals surface area (Å²) in [5.41, 5.74) is 2.01. The van der Waals surface area contributed by atoms with Crippen molar-refractivity contribution in [3.8, 4) is 0 Å². The quantitative estimate of drug-likeness (QED) is 0.592. The van der Waals surface area contributed by atoms with Crippen LogP contribution in [-0.2, 0) is 0 Å². The van der Waals surface area contributed by atoms with E-state index in [2.05, 4.69) is 17.0 Å². The summed E-state index contributed by atoms with van der Waals surface area (Å²) in [6.45, 7) is 2.27. The van der Waals surface area contributed by atoms with Crippen molar-refractivity contribution < 1.29 is 4.79 Å². The average molecular weight is 307 g/mol. The van der Waals surface area contributed by atoms with E-state index < -0.39 is 0 Å². The van der Waals surface area contributed by atoms with Crippen LogP contribution in [0.3, 0.4) is 0 Å². The normalized spacial score (nSPS) is 15.0. The van der Waals surface area contributed by atoms with Gasteiger partial charge in [0.1, 0.15) is 0 Å². The number of thioether (sulfide) groups is 2. The fourth-order valence-electron chi connectivity index (χ4n) is 2.38. The molecule has 0 saturated carbocycles. The van der Waals surface area contributed by atoms with Gasteiger partial charge >= 0.3 is 0 Å². The molecule has 1 aromatic carbocycles. The van der Waals surface area contributed by atoms with E-state index in [1.165, 1.54) is 24.9 Å². The summed E-state index contributed by atoms with van der Waals surface area (Å²) in [4.78, 5) is 14.5. The lowest BCUT2D eigenvalue weighted by Gasteiger charge is -2.28. The van der Waals surface area contributed by atoms with Crippen molar-refractivity contribution in [2.45, 2.75) is 19.3 Å². The molecule has 0 radical (unpaired) electrons. The van der Waals surface area contributed by atoms with Crippen LogP contribution in [0.2, 0.25) is 0 Å². The smallest absolute Gasteiger partial charge is 0.187 e. The van der Waals surface area contributed by atoms with Gasteiger partial charge in [0.15, 0.2) is 5.78 Å². The molecule has 20 heavy (non-hydrogen) atoms. The molecule has 0 atom stereocenters. The Kier molecular flexibility index (Phi) is 6.05. The SMILES string of the molecule is CSC(=CC(=O)c1ccc(N2CCCCC2)cc1)SC. The molecule has 0 spiro atoms. The average Bonchev–Trinajstić information content (AvgIpc) is 2.53. The van der Waals surface area contributed by atoms with Gasteiger partial charge in [-0.3, -0.25) is 4.79 Å². The highest BCUT2D eigenvalue weighted by Gasteiger charge is 2.11. The standard InChI is InChI=1S/C16H21NOS2/c1-19-16(20-2)12-15(18)13-6-8-14(9-7-13)17-10-4-3-5-11-17/h6-9,12H,3-5,10-11H2,1-2H3. The lowest BCUT2D eigenvalue weighted by molar-refractivity contribution is 0.104. The summed E-state index contributed by atoms with van der Waals surface area (Å²) in [5.74, 6) is 0.0916. The summed E-state index contributed by atoms with van der Waals surface area (Å²) >= 11 is 3.23. The molecule has 1 fully saturated rings. The van der Waals surface area contributed by atoms with Crippen molar-refractivity contribution in [3.05, 3.63) is 40.1 Å². The van der Waals surface area contributed by atoms with Gasteiger partial charge in [-0.15, -0.1) is 23.5 Å². The Morgan fingerprint density at radius 2 is 1.65 bits per heavy atom. The molecule has 1 heterocycles. The Hall–Kier alpha value is -0.870. The molecule has 2 nitrogen and oxygen atoms in total. The zero-order valence-corrected chi connectivity index (χ0v) is 13.7. The number of rotatable bonds is 5. The molecule has 0 aromatic heterocycles. The van der Waals surface area contributed by atoms with E-state index in [0.29, 0.717) is 0 Å². The van der Waals surface area contributed by atoms with Crippen LogP contribution in [0.25, 0.3) is 0 Å². The number of carbonyl (C=O) groups is 1. The molecular formula is C16H21NOS2. The molecule has 1 aliphatic heterocycles. The van der Waals surface area contributed by atoms with Gasteiger partial charge < -0.3 is 4.90 Å². The molecule has 2 rings (SSSR count). The number of hydrogen-bond donors (Lipinski definition) is 0. The maximum absolute atomic E-state index is 12.1. The van der Waals surface area contributed by atoms with Crippen LogP contribution in [0.1, 0.15) is 29.6 Å². The summed E-state index contributed by atoms with van der Waals surface area (Å²) in [6.07, 6.45) is 9.60. The molecule has 0 aliphatic carbocycles. The molecule has 0 amide bonds. The number of nitrogens with zero attached hydrogens (tertiary/aromatic N) is 1. The van der Waals surface area contributed by atoms with Crippen molar-refractivity contribution in [1.82, 2.24) is 0 Å². The fraction of sp³-hybridized carbons (Fsp3) is 0.438. The number of hydrogen-bond acceptors (Lipinski definition) is 4. The minimum atomic E-state index is 0.0916. The molecule has 4 heteroatoms. The highest BCUT2D eigenvalue weighted by Crippen LogP contribution is 2.25. The number of anilines is 1. The molecule has 0 N–H and O–H groups in total. The first kappa shape index (κ1) is 15.5. The summed E-state index contributed by atoms with van der Waals surface area (Å²) in [6, 6.07) is 8.04. The first-order valence-electron chi connectivity index (χ1n) is 6.93. The Balaban J connectivity index is 2.07. The second kappa shape index (κ2) is 7.79. The van der Waals surface area contributed by atoms with E-state index in [-0.39, 0.29) is 5.78 Å². The van der Waals surface area contributed by atoms with Crippen LogP contribution >= 0.6 is 23.5 Å². The first-order valence-corrected chi connectivity index (χ1v) is 9.38. The van der Waals surface area contributed by atoms with E-state index in [9.17, 15) is 4.79 Å². The molecule has 1 aromatic rings. The Labute approximate surface area is 130 Å². The van der Waals surface area contributed by atoms with E-state index in [1.807, 2.05) is 24.6 Å². The minimum absolute atomic E-state index is 0.0916. The van der Waals surface area contributed by atoms with Gasteiger partial charge in [-0.25, -0.2) is 0 Å². The van der Waals surface area contributed by atoms with E-state index >= 15 is 0 Å². The minimum Gasteiger partial charge on any atom is -0.372 e. The maximum Gasteiger partial charge on any atom is 0.187 e. The van der Waals surface area contributed by atoms with Crippen LogP contribution in [0.4, 0.5) is 5.69 Å². The number of allylic oxidation sites excluding steroid dienone is 1. The predicted octanol–water partition coefficient (Wildman–Crippen LogP) is 4.43. The first-order chi connectivity index (χ1) is 9.74. The molecule has 108 valence electrons. The predicted molar refractivity (Wildman–Crippen MR) is 91.9 cm³/mol. The lowest BCUT2D eigenvalue weighted by Crippen LogP contribution is -2.29. The van der Waals surface area contributed by atoms with Crippen molar-refractivity contribution in [2.75, 3.05) is 30.5 Å². The van der Waals surface area contributed by atoms with Gasteiger partial charge in [0.05, 0.1) is 0 Å². The van der Waals surface area contributed by atoms with Crippen molar-refractivity contribution in [3.63, 3.8) is 0 Å². The second-order valence-electron chi connectivity index (χ2n) is 4.83. The van der Waals surface area contributed by atoms with Gasteiger partial charge in [-0.2, -0.15) is 0 Å². The van der Waals surface area contributed by atoms with Gasteiger partial charge in [0.2, 0.25) is 0 Å². The highest BCUT2D eigenvalue weighted by atomic mass is 32.2. The van der Waals surface area contributed by atoms with E-state index in [0.717, 1.165) is 22.9 Å². The second-order valence-corrected chi connectivity index (χ2v) is 6.79. The summed E-state index contributed by atoms with van der Waals surface area (Å²) in [5, 5.41) is 0. The van der Waals surface area contributed by atoms with Crippen molar-refractivity contribution >= 4 is 35.0 Å². The molecule has 0 bridgehead atoms. The number of carbonyl (C=O) groups excluding carboxylic acids is 1. The highest BCUT2D eigenvalue weighted by molar-refractivity contribution is 8.21. The molecule has 1 aliphatic rings. The topological polar surface area (TPSA) is 20.3 Å². The van der Waals surface area contributed by atoms with Crippen LogP contribution in [-0.4, -0.2) is 31.4 Å². The van der Waals surface area contributed by atoms with Crippen LogP contribution in [0, 0.1) is 0 Å². The monoisotopic (exact) mass is 307 g/mol. The third kappa shape index (κ3) is 4.06. The number of benzene rings is 1. The van der Waals surface area contributed by atoms with Gasteiger partial charge in [-0.1, -0.05) is 0 Å². The lowest BCUT2D eigenvalue weighted by atomic mass is 10.1. The van der Waals surface area contributed by atoms with Crippen LogP contribution in [0.15, 0.2) is 34.6 Å². The van der Waals surface area contributed by atoms with Crippen LogP contribution in [0.5, 0.6) is 0 Å². The van der Waals surface area contributed by atoms with Gasteiger partial charge in [0, 0.05) is 34.7 Å². The fourth-order valence-corrected chi connectivity index (χ4v) is 3.50. The zero-order valence-electron chi connectivity index (χ0n) is 12.1. The Morgan fingerprint density at radius 1 is 1.05 bits per heavy atom. The van der Waals surface area contributed by atoms with Crippen molar-refractivity contribution in [2.24, 2.45) is 0 Å². The van der Waals surface area contributed by atoms with E-state index in [1.54, 1.807) is 29.6 Å². The largest absolute Gasteiger partial charge is 0.372 e. The summed E-state index contributed by atoms with van der Waals surface area (Å²) in [7, 11) is 0.